The highest BCUT2D eigenvalue weighted by atomic mass is 79.9. The van der Waals surface area contributed by atoms with Gasteiger partial charge < -0.3 is 5.32 Å². The fourth-order valence-corrected chi connectivity index (χ4v) is 2.47. The molecule has 0 unspecified atom stereocenters. The molecular formula is C16H12BrClN2. The third kappa shape index (κ3) is 2.94. The first-order valence-corrected chi connectivity index (χ1v) is 7.42. The summed E-state index contributed by atoms with van der Waals surface area (Å²) in [6.45, 7) is 0.753. The second-order valence-electron chi connectivity index (χ2n) is 4.51. The van der Waals surface area contributed by atoms with E-state index in [9.17, 15) is 0 Å². The molecule has 2 nitrogen and oxygen atoms in total. The maximum absolute atomic E-state index is 6.08. The van der Waals surface area contributed by atoms with Gasteiger partial charge in [0.05, 0.1) is 10.5 Å². The van der Waals surface area contributed by atoms with Crippen molar-refractivity contribution in [3.05, 3.63) is 69.8 Å². The Morgan fingerprint density at radius 2 is 2.00 bits per heavy atom. The maximum Gasteiger partial charge on any atom is 0.0702 e. The molecule has 100 valence electrons. The number of halogens is 2. The van der Waals surface area contributed by atoms with Gasteiger partial charge in [-0.2, -0.15) is 0 Å². The number of pyridine rings is 1. The molecule has 0 saturated carbocycles. The van der Waals surface area contributed by atoms with Crippen LogP contribution in [0.2, 0.25) is 5.02 Å². The van der Waals surface area contributed by atoms with Crippen molar-refractivity contribution in [1.82, 2.24) is 4.98 Å². The van der Waals surface area contributed by atoms with E-state index in [2.05, 4.69) is 44.4 Å². The number of fused-ring (bicyclic) bond motifs is 1. The predicted octanol–water partition coefficient (Wildman–Crippen LogP) is 5.26. The van der Waals surface area contributed by atoms with Crippen molar-refractivity contribution in [1.29, 1.82) is 0 Å². The zero-order valence-corrected chi connectivity index (χ0v) is 12.9. The molecule has 0 spiro atoms. The van der Waals surface area contributed by atoms with Crippen molar-refractivity contribution >= 4 is 44.1 Å². The van der Waals surface area contributed by atoms with Crippen LogP contribution < -0.4 is 5.32 Å². The lowest BCUT2D eigenvalue weighted by Gasteiger charge is -2.08. The van der Waals surface area contributed by atoms with E-state index in [0.29, 0.717) is 5.02 Å². The minimum absolute atomic E-state index is 0.706. The molecule has 0 amide bonds. The van der Waals surface area contributed by atoms with E-state index in [0.717, 1.165) is 27.6 Å². The van der Waals surface area contributed by atoms with E-state index in [1.54, 1.807) is 0 Å². The number of aromatic nitrogens is 1. The zero-order valence-electron chi connectivity index (χ0n) is 10.6. The molecule has 0 aliphatic carbocycles. The molecule has 4 heteroatoms. The molecule has 1 heterocycles. The minimum Gasteiger partial charge on any atom is -0.381 e. The van der Waals surface area contributed by atoms with E-state index in [-0.39, 0.29) is 0 Å². The van der Waals surface area contributed by atoms with Crippen molar-refractivity contribution in [2.75, 3.05) is 5.32 Å². The highest BCUT2D eigenvalue weighted by Gasteiger charge is 2.00. The average molecular weight is 348 g/mol. The second-order valence-corrected chi connectivity index (χ2v) is 5.77. The third-order valence-corrected chi connectivity index (χ3v) is 4.32. The lowest BCUT2D eigenvalue weighted by Crippen LogP contribution is -1.99. The Kier molecular flexibility index (Phi) is 3.90. The summed E-state index contributed by atoms with van der Waals surface area (Å²) in [6, 6.07) is 16.2. The number of hydrogen-bond donors (Lipinski definition) is 1. The molecule has 2 aromatic carbocycles. The van der Waals surface area contributed by atoms with Crippen molar-refractivity contribution < 1.29 is 0 Å². The summed E-state index contributed by atoms with van der Waals surface area (Å²) >= 11 is 9.46. The molecule has 1 aromatic heterocycles. The van der Waals surface area contributed by atoms with Gasteiger partial charge in [-0.05, 0) is 57.9 Å². The highest BCUT2D eigenvalue weighted by Crippen LogP contribution is 2.25. The molecule has 0 fully saturated rings. The van der Waals surface area contributed by atoms with E-state index in [4.69, 9.17) is 11.6 Å². The van der Waals surface area contributed by atoms with Crippen molar-refractivity contribution in [3.8, 4) is 0 Å². The van der Waals surface area contributed by atoms with Gasteiger partial charge in [0.1, 0.15) is 0 Å². The third-order valence-electron chi connectivity index (χ3n) is 3.08. The van der Waals surface area contributed by atoms with Crippen LogP contribution in [0.3, 0.4) is 0 Å². The van der Waals surface area contributed by atoms with E-state index >= 15 is 0 Å². The standard InChI is InChI=1S/C16H12BrClN2/c17-14-5-4-13(9-15(14)18)20-10-11-3-6-16-12(8-11)2-1-7-19-16/h1-9,20H,10H2. The average Bonchev–Trinajstić information content (AvgIpc) is 2.48. The quantitative estimate of drug-likeness (QED) is 0.699. The normalized spacial score (nSPS) is 10.7. The van der Waals surface area contributed by atoms with Gasteiger partial charge in [-0.25, -0.2) is 0 Å². The van der Waals surface area contributed by atoms with Crippen LogP contribution in [0.5, 0.6) is 0 Å². The van der Waals surface area contributed by atoms with Crippen LogP contribution >= 0.6 is 27.5 Å². The predicted molar refractivity (Wildman–Crippen MR) is 88.2 cm³/mol. The second kappa shape index (κ2) is 5.81. The molecule has 0 aliphatic rings. The first kappa shape index (κ1) is 13.4. The topological polar surface area (TPSA) is 24.9 Å². The molecule has 3 aromatic rings. The lowest BCUT2D eigenvalue weighted by molar-refractivity contribution is 1.15. The Balaban J connectivity index is 1.77. The Hall–Kier alpha value is -1.58. The van der Waals surface area contributed by atoms with Crippen LogP contribution in [0.1, 0.15) is 5.56 Å². The highest BCUT2D eigenvalue weighted by molar-refractivity contribution is 9.10. The van der Waals surface area contributed by atoms with Gasteiger partial charge in [0.2, 0.25) is 0 Å². The molecular weight excluding hydrogens is 336 g/mol. The summed E-state index contributed by atoms with van der Waals surface area (Å²) in [6.07, 6.45) is 1.81. The monoisotopic (exact) mass is 346 g/mol. The molecule has 20 heavy (non-hydrogen) atoms. The van der Waals surface area contributed by atoms with Crippen LogP contribution in [0.15, 0.2) is 59.2 Å². The van der Waals surface area contributed by atoms with Crippen molar-refractivity contribution in [2.45, 2.75) is 6.54 Å². The van der Waals surface area contributed by atoms with Gasteiger partial charge in [0.15, 0.2) is 0 Å². The van der Waals surface area contributed by atoms with Crippen LogP contribution in [0.4, 0.5) is 5.69 Å². The first-order valence-electron chi connectivity index (χ1n) is 6.25. The fourth-order valence-electron chi connectivity index (χ4n) is 2.05. The fraction of sp³-hybridized carbons (Fsp3) is 0.0625. The Morgan fingerprint density at radius 3 is 2.85 bits per heavy atom. The lowest BCUT2D eigenvalue weighted by atomic mass is 10.1. The summed E-state index contributed by atoms with van der Waals surface area (Å²) in [4.78, 5) is 4.32. The van der Waals surface area contributed by atoms with Gasteiger partial charge in [-0.1, -0.05) is 23.7 Å². The molecule has 0 aliphatic heterocycles. The summed E-state index contributed by atoms with van der Waals surface area (Å²) in [5.74, 6) is 0. The summed E-state index contributed by atoms with van der Waals surface area (Å²) in [5.41, 5.74) is 3.23. The van der Waals surface area contributed by atoms with Crippen LogP contribution in [0.25, 0.3) is 10.9 Å². The zero-order chi connectivity index (χ0) is 13.9. The number of hydrogen-bond acceptors (Lipinski definition) is 2. The largest absolute Gasteiger partial charge is 0.381 e. The molecule has 1 N–H and O–H groups in total. The van der Waals surface area contributed by atoms with E-state index in [1.165, 1.54) is 5.56 Å². The summed E-state index contributed by atoms with van der Waals surface area (Å²) in [7, 11) is 0. The maximum atomic E-state index is 6.08. The van der Waals surface area contributed by atoms with Gasteiger partial charge >= 0.3 is 0 Å². The summed E-state index contributed by atoms with van der Waals surface area (Å²) < 4.78 is 0.904. The molecule has 0 bridgehead atoms. The van der Waals surface area contributed by atoms with Crippen LogP contribution in [-0.2, 0) is 6.54 Å². The molecule has 0 atom stereocenters. The van der Waals surface area contributed by atoms with Gasteiger partial charge in [0.25, 0.3) is 0 Å². The smallest absolute Gasteiger partial charge is 0.0702 e. The minimum atomic E-state index is 0.706. The van der Waals surface area contributed by atoms with Crippen molar-refractivity contribution in [3.63, 3.8) is 0 Å². The number of anilines is 1. The van der Waals surface area contributed by atoms with Gasteiger partial charge in [0, 0.05) is 28.3 Å². The first-order chi connectivity index (χ1) is 9.72. The number of rotatable bonds is 3. The Bertz CT molecular complexity index is 758. The van der Waals surface area contributed by atoms with Crippen molar-refractivity contribution in [2.24, 2.45) is 0 Å². The number of nitrogens with one attached hydrogen (secondary N) is 1. The molecule has 0 radical (unpaired) electrons. The van der Waals surface area contributed by atoms with Gasteiger partial charge in [-0.3, -0.25) is 4.98 Å². The number of benzene rings is 2. The Labute approximate surface area is 130 Å². The Morgan fingerprint density at radius 1 is 1.10 bits per heavy atom. The molecule has 0 saturated heterocycles. The summed E-state index contributed by atoms with van der Waals surface area (Å²) in [5, 5.41) is 5.23. The van der Waals surface area contributed by atoms with Crippen LogP contribution in [0, 0.1) is 0 Å². The number of nitrogens with zero attached hydrogens (tertiary/aromatic N) is 1. The van der Waals surface area contributed by atoms with E-state index < -0.39 is 0 Å². The van der Waals surface area contributed by atoms with E-state index in [1.807, 2.05) is 36.5 Å². The molecule has 3 rings (SSSR count). The van der Waals surface area contributed by atoms with Gasteiger partial charge in [-0.15, -0.1) is 0 Å². The SMILES string of the molecule is Clc1cc(NCc2ccc3ncccc3c2)ccc1Br. The van der Waals surface area contributed by atoms with Crippen LogP contribution in [-0.4, -0.2) is 4.98 Å².